The lowest BCUT2D eigenvalue weighted by molar-refractivity contribution is -0.121. The molecule has 2 aromatic heterocycles. The van der Waals surface area contributed by atoms with Gasteiger partial charge in [0, 0.05) is 24.0 Å². The Kier molecular flexibility index (Phi) is 6.26. The van der Waals surface area contributed by atoms with Crippen molar-refractivity contribution in [3.8, 4) is 28.3 Å². The summed E-state index contributed by atoms with van der Waals surface area (Å²) in [4.78, 5) is 28.6. The van der Waals surface area contributed by atoms with Crippen LogP contribution in [0.2, 0.25) is 0 Å². The van der Waals surface area contributed by atoms with Gasteiger partial charge in [0.1, 0.15) is 11.4 Å². The molecule has 0 radical (unpaired) electrons. The number of carbonyl (C=O) groups excluding carboxylic acids is 2. The second-order valence-corrected chi connectivity index (χ2v) is 6.88. The van der Waals surface area contributed by atoms with Gasteiger partial charge in [-0.2, -0.15) is 5.10 Å². The molecule has 0 bridgehead atoms. The van der Waals surface area contributed by atoms with Crippen molar-refractivity contribution in [2.45, 2.75) is 12.8 Å². The molecule has 4 aromatic rings. The molecule has 2 amide bonds. The zero-order valence-corrected chi connectivity index (χ0v) is 17.3. The molecule has 9 nitrogen and oxygen atoms in total. The molecule has 0 atom stereocenters. The van der Waals surface area contributed by atoms with Crippen molar-refractivity contribution in [2.75, 3.05) is 7.11 Å². The van der Waals surface area contributed by atoms with Crippen LogP contribution in [0.25, 0.3) is 22.6 Å². The molecule has 9 heteroatoms. The fourth-order valence-corrected chi connectivity index (χ4v) is 2.99. The number of amides is 2. The Morgan fingerprint density at radius 2 is 1.81 bits per heavy atom. The highest BCUT2D eigenvalue weighted by Crippen LogP contribution is 2.21. The van der Waals surface area contributed by atoms with Crippen LogP contribution < -0.4 is 15.6 Å². The van der Waals surface area contributed by atoms with Gasteiger partial charge in [-0.05, 0) is 30.3 Å². The van der Waals surface area contributed by atoms with Gasteiger partial charge in [0.25, 0.3) is 5.91 Å². The Morgan fingerprint density at radius 3 is 2.56 bits per heavy atom. The van der Waals surface area contributed by atoms with E-state index in [4.69, 9.17) is 9.15 Å². The van der Waals surface area contributed by atoms with Gasteiger partial charge in [0.2, 0.25) is 5.91 Å². The van der Waals surface area contributed by atoms with Crippen molar-refractivity contribution in [1.82, 2.24) is 26.0 Å². The number of rotatable bonds is 7. The predicted molar refractivity (Wildman–Crippen MR) is 116 cm³/mol. The molecule has 0 aliphatic rings. The number of aryl methyl sites for hydroxylation is 1. The zero-order valence-electron chi connectivity index (χ0n) is 17.3. The number of nitrogens with zero attached hydrogens (tertiary/aromatic N) is 2. The Labute approximate surface area is 183 Å². The molecule has 0 fully saturated rings. The van der Waals surface area contributed by atoms with E-state index in [1.807, 2.05) is 42.5 Å². The molecule has 0 saturated heterocycles. The van der Waals surface area contributed by atoms with E-state index in [2.05, 4.69) is 26.0 Å². The lowest BCUT2D eigenvalue weighted by Crippen LogP contribution is -2.41. The largest absolute Gasteiger partial charge is 0.497 e. The third-order valence-corrected chi connectivity index (χ3v) is 4.70. The summed E-state index contributed by atoms with van der Waals surface area (Å²) in [5.74, 6) is 0.941. The number of oxazole rings is 1. The summed E-state index contributed by atoms with van der Waals surface area (Å²) >= 11 is 0. The van der Waals surface area contributed by atoms with E-state index in [9.17, 15) is 9.59 Å². The molecular formula is C23H21N5O4. The van der Waals surface area contributed by atoms with Crippen molar-refractivity contribution in [2.24, 2.45) is 0 Å². The first kappa shape index (κ1) is 20.9. The summed E-state index contributed by atoms with van der Waals surface area (Å²) in [7, 11) is 1.59. The molecule has 0 aliphatic heterocycles. The number of benzene rings is 2. The number of aromatic amines is 1. The standard InChI is InChI=1S/C23H21N5O4/c1-31-17-9-7-15(8-10-17)18-13-19(26-25-18)23(30)28-27-21(29)11-12-22-24-14-20(32-22)16-5-3-2-4-6-16/h2-10,13-14H,11-12H2,1H3,(H,25,26)(H,27,29)(H,28,30). The van der Waals surface area contributed by atoms with Crippen LogP contribution in [0.3, 0.4) is 0 Å². The minimum Gasteiger partial charge on any atom is -0.497 e. The normalized spacial score (nSPS) is 10.5. The van der Waals surface area contributed by atoms with Gasteiger partial charge >= 0.3 is 0 Å². The Hall–Kier alpha value is -4.40. The molecule has 162 valence electrons. The van der Waals surface area contributed by atoms with Crippen LogP contribution >= 0.6 is 0 Å². The minimum atomic E-state index is -0.506. The van der Waals surface area contributed by atoms with Gasteiger partial charge in [-0.3, -0.25) is 25.5 Å². The minimum absolute atomic E-state index is 0.106. The van der Waals surface area contributed by atoms with E-state index in [0.29, 0.717) is 23.8 Å². The van der Waals surface area contributed by atoms with E-state index in [-0.39, 0.29) is 18.0 Å². The van der Waals surface area contributed by atoms with Gasteiger partial charge in [-0.1, -0.05) is 30.3 Å². The number of hydrazine groups is 1. The Morgan fingerprint density at radius 1 is 1.03 bits per heavy atom. The van der Waals surface area contributed by atoms with Gasteiger partial charge in [0.05, 0.1) is 19.0 Å². The predicted octanol–water partition coefficient (Wildman–Crippen LogP) is 3.13. The Bertz CT molecular complexity index is 1200. The topological polar surface area (TPSA) is 122 Å². The van der Waals surface area contributed by atoms with Gasteiger partial charge in [0.15, 0.2) is 11.7 Å². The first-order chi connectivity index (χ1) is 15.6. The second-order valence-electron chi connectivity index (χ2n) is 6.88. The number of carbonyl (C=O) groups is 2. The maximum absolute atomic E-state index is 12.3. The number of nitrogens with one attached hydrogen (secondary N) is 3. The van der Waals surface area contributed by atoms with Crippen LogP contribution in [0.5, 0.6) is 5.75 Å². The molecule has 2 aromatic carbocycles. The van der Waals surface area contributed by atoms with E-state index in [0.717, 1.165) is 16.9 Å². The summed E-state index contributed by atoms with van der Waals surface area (Å²) in [6, 6.07) is 18.5. The number of methoxy groups -OCH3 is 1. The third-order valence-electron chi connectivity index (χ3n) is 4.70. The summed E-state index contributed by atoms with van der Waals surface area (Å²) < 4.78 is 10.8. The smallest absolute Gasteiger partial charge is 0.287 e. The second kappa shape index (κ2) is 9.61. The molecule has 4 rings (SSSR count). The van der Waals surface area contributed by atoms with E-state index < -0.39 is 5.91 Å². The maximum atomic E-state index is 12.3. The molecule has 0 spiro atoms. The van der Waals surface area contributed by atoms with Crippen LogP contribution in [-0.2, 0) is 11.2 Å². The molecular weight excluding hydrogens is 410 g/mol. The highest BCUT2D eigenvalue weighted by Gasteiger charge is 2.13. The average molecular weight is 431 g/mol. The summed E-state index contributed by atoms with van der Waals surface area (Å²) in [6.45, 7) is 0. The summed E-state index contributed by atoms with van der Waals surface area (Å²) in [5.41, 5.74) is 7.31. The van der Waals surface area contributed by atoms with Crippen LogP contribution in [-0.4, -0.2) is 34.1 Å². The van der Waals surface area contributed by atoms with E-state index in [1.165, 1.54) is 0 Å². The highest BCUT2D eigenvalue weighted by molar-refractivity contribution is 5.94. The number of hydrogen-bond acceptors (Lipinski definition) is 6. The van der Waals surface area contributed by atoms with Crippen molar-refractivity contribution < 1.29 is 18.7 Å². The van der Waals surface area contributed by atoms with Gasteiger partial charge < -0.3 is 9.15 Å². The van der Waals surface area contributed by atoms with Gasteiger partial charge in [-0.25, -0.2) is 4.98 Å². The number of aromatic nitrogens is 3. The molecule has 2 heterocycles. The fourth-order valence-electron chi connectivity index (χ4n) is 2.99. The molecule has 3 N–H and O–H groups in total. The third kappa shape index (κ3) is 5.01. The zero-order chi connectivity index (χ0) is 22.3. The van der Waals surface area contributed by atoms with Crippen molar-refractivity contribution in [3.63, 3.8) is 0 Å². The first-order valence-corrected chi connectivity index (χ1v) is 9.91. The van der Waals surface area contributed by atoms with Gasteiger partial charge in [-0.15, -0.1) is 0 Å². The Balaban J connectivity index is 1.26. The SMILES string of the molecule is COc1ccc(-c2cc(C(=O)NNC(=O)CCc3ncc(-c4ccccc4)o3)[nH]n2)cc1. The monoisotopic (exact) mass is 431 g/mol. The molecule has 0 aliphatic carbocycles. The molecule has 32 heavy (non-hydrogen) atoms. The highest BCUT2D eigenvalue weighted by atomic mass is 16.5. The number of hydrogen-bond donors (Lipinski definition) is 3. The first-order valence-electron chi connectivity index (χ1n) is 9.91. The van der Waals surface area contributed by atoms with E-state index in [1.54, 1.807) is 31.5 Å². The quantitative estimate of drug-likeness (QED) is 0.387. The molecule has 0 saturated carbocycles. The average Bonchev–Trinajstić information content (AvgIpc) is 3.52. The maximum Gasteiger partial charge on any atom is 0.287 e. The number of ether oxygens (including phenoxy) is 1. The number of H-pyrrole nitrogens is 1. The van der Waals surface area contributed by atoms with Crippen LogP contribution in [0.1, 0.15) is 22.8 Å². The molecule has 0 unspecified atom stereocenters. The van der Waals surface area contributed by atoms with Crippen molar-refractivity contribution >= 4 is 11.8 Å². The van der Waals surface area contributed by atoms with Crippen molar-refractivity contribution in [1.29, 1.82) is 0 Å². The van der Waals surface area contributed by atoms with Crippen molar-refractivity contribution in [3.05, 3.63) is 78.4 Å². The van der Waals surface area contributed by atoms with E-state index >= 15 is 0 Å². The van der Waals surface area contributed by atoms with Crippen LogP contribution in [0, 0.1) is 0 Å². The van der Waals surface area contributed by atoms with Crippen LogP contribution in [0.4, 0.5) is 0 Å². The lowest BCUT2D eigenvalue weighted by Gasteiger charge is -2.05. The fraction of sp³-hybridized carbons (Fsp3) is 0.130. The lowest BCUT2D eigenvalue weighted by atomic mass is 10.1. The van der Waals surface area contributed by atoms with Crippen LogP contribution in [0.15, 0.2) is 71.3 Å². The summed E-state index contributed by atoms with van der Waals surface area (Å²) in [5, 5.41) is 6.80. The summed E-state index contributed by atoms with van der Waals surface area (Å²) in [6.07, 6.45) is 2.04.